The molecule has 0 aromatic carbocycles. The van der Waals surface area contributed by atoms with Crippen molar-refractivity contribution in [3.05, 3.63) is 54.5 Å². The number of hydrogen-bond donors (Lipinski definition) is 1. The Morgan fingerprint density at radius 1 is 1.15 bits per heavy atom. The number of H-pyrrole nitrogens is 1. The quantitative estimate of drug-likeness (QED) is 0.337. The molecule has 0 unspecified atom stereocenters. The number of pyridine rings is 2. The second-order valence-electron chi connectivity index (χ2n) is 7.60. The monoisotopic (exact) mass is 464 g/mol. The summed E-state index contributed by atoms with van der Waals surface area (Å²) in [7, 11) is 0. The van der Waals surface area contributed by atoms with Gasteiger partial charge in [0, 0.05) is 38.6 Å². The minimum absolute atomic E-state index is 0.00710. The number of aromatic nitrogens is 6. The fourth-order valence-corrected chi connectivity index (χ4v) is 4.04. The Labute approximate surface area is 193 Å². The van der Waals surface area contributed by atoms with E-state index in [1.54, 1.807) is 18.5 Å². The lowest BCUT2D eigenvalue weighted by molar-refractivity contribution is -0.126. The normalized spacial score (nSPS) is 13.9. The highest BCUT2D eigenvalue weighted by molar-refractivity contribution is 6.45. The van der Waals surface area contributed by atoms with E-state index in [0.29, 0.717) is 44.4 Å². The van der Waals surface area contributed by atoms with Crippen molar-refractivity contribution in [2.24, 2.45) is 0 Å². The van der Waals surface area contributed by atoms with Gasteiger partial charge in [-0.2, -0.15) is 0 Å². The Hall–Kier alpha value is -4.35. The number of piperazine rings is 1. The number of halogens is 1. The Bertz CT molecular complexity index is 1350. The molecule has 1 N–H and O–H groups in total. The maximum Gasteiger partial charge on any atom is 0.295 e. The molecular weight excluding hydrogens is 443 g/mol. The first-order valence-corrected chi connectivity index (χ1v) is 10.8. The average molecular weight is 464 g/mol. The Balaban J connectivity index is 1.35. The van der Waals surface area contributed by atoms with Gasteiger partial charge in [-0.1, -0.05) is 5.21 Å². The zero-order valence-corrected chi connectivity index (χ0v) is 18.3. The van der Waals surface area contributed by atoms with E-state index in [-0.39, 0.29) is 22.3 Å². The number of fused-ring (bicyclic) bond motifs is 1. The van der Waals surface area contributed by atoms with Gasteiger partial charge in [-0.3, -0.25) is 9.59 Å². The molecule has 0 saturated carbocycles. The van der Waals surface area contributed by atoms with E-state index in [9.17, 15) is 14.0 Å². The molecule has 5 rings (SSSR count). The first-order chi connectivity index (χ1) is 16.6. The van der Waals surface area contributed by atoms with Crippen LogP contribution in [0.3, 0.4) is 0 Å². The number of nitrogens with zero attached hydrogens (tertiary/aromatic N) is 7. The fraction of sp³-hybridized carbons (Fsp3) is 0.273. The fourth-order valence-electron chi connectivity index (χ4n) is 4.04. The molecule has 0 aliphatic carbocycles. The Morgan fingerprint density at radius 3 is 2.71 bits per heavy atom. The number of ether oxygens (including phenoxy) is 1. The molecule has 4 aromatic rings. The Morgan fingerprint density at radius 2 is 1.97 bits per heavy atom. The van der Waals surface area contributed by atoms with Crippen molar-refractivity contribution in [3.63, 3.8) is 0 Å². The predicted molar refractivity (Wildman–Crippen MR) is 119 cm³/mol. The SMILES string of the molecule is CCOc1cccnc1N1CCN(C(=O)C(=O)c2c[nH]c3c(-n4ccnn4)ncc(F)c23)CC1. The highest BCUT2D eigenvalue weighted by Gasteiger charge is 2.31. The van der Waals surface area contributed by atoms with Gasteiger partial charge in [0.25, 0.3) is 11.7 Å². The number of aromatic amines is 1. The molecule has 1 saturated heterocycles. The lowest BCUT2D eigenvalue weighted by atomic mass is 10.1. The summed E-state index contributed by atoms with van der Waals surface area (Å²) in [6, 6.07) is 3.65. The first kappa shape index (κ1) is 21.5. The van der Waals surface area contributed by atoms with E-state index in [1.165, 1.54) is 22.0 Å². The Kier molecular flexibility index (Phi) is 5.62. The van der Waals surface area contributed by atoms with Crippen molar-refractivity contribution in [1.82, 2.24) is 34.8 Å². The molecule has 5 heterocycles. The summed E-state index contributed by atoms with van der Waals surface area (Å²) in [5.74, 6) is -0.539. The van der Waals surface area contributed by atoms with Gasteiger partial charge in [0.1, 0.15) is 0 Å². The topological polar surface area (TPSA) is 122 Å². The van der Waals surface area contributed by atoms with E-state index in [2.05, 4.69) is 25.3 Å². The largest absolute Gasteiger partial charge is 0.490 e. The van der Waals surface area contributed by atoms with Crippen molar-refractivity contribution < 1.29 is 18.7 Å². The minimum atomic E-state index is -0.790. The second kappa shape index (κ2) is 8.89. The zero-order valence-electron chi connectivity index (χ0n) is 18.3. The van der Waals surface area contributed by atoms with Crippen LogP contribution in [0.5, 0.6) is 5.75 Å². The molecule has 0 atom stereocenters. The summed E-state index contributed by atoms with van der Waals surface area (Å²) >= 11 is 0. The van der Waals surface area contributed by atoms with Gasteiger partial charge in [-0.15, -0.1) is 5.10 Å². The molecule has 1 aliphatic rings. The molecule has 174 valence electrons. The zero-order chi connectivity index (χ0) is 23.7. The van der Waals surface area contributed by atoms with Crippen LogP contribution in [-0.4, -0.2) is 79.3 Å². The lowest BCUT2D eigenvalue weighted by Crippen LogP contribution is -2.51. The van der Waals surface area contributed by atoms with Crippen LogP contribution in [0.25, 0.3) is 16.7 Å². The molecule has 0 spiro atoms. The van der Waals surface area contributed by atoms with E-state index in [4.69, 9.17) is 4.74 Å². The molecule has 34 heavy (non-hydrogen) atoms. The number of carbonyl (C=O) groups is 2. The molecule has 4 aromatic heterocycles. The van der Waals surface area contributed by atoms with E-state index >= 15 is 0 Å². The standard InChI is InChI=1S/C22H21FN8O3/c1-2-34-16-4-3-5-24-20(16)29-8-10-30(11-9-29)22(33)19(32)14-12-25-18-17(14)15(23)13-26-21(18)31-7-6-27-28-31/h3-7,12-13,25H,2,8-11H2,1H3. The van der Waals surface area contributed by atoms with Crippen molar-refractivity contribution in [2.75, 3.05) is 37.7 Å². The maximum absolute atomic E-state index is 14.7. The first-order valence-electron chi connectivity index (χ1n) is 10.8. The van der Waals surface area contributed by atoms with Gasteiger partial charge < -0.3 is 19.5 Å². The van der Waals surface area contributed by atoms with Gasteiger partial charge in [0.05, 0.1) is 41.7 Å². The van der Waals surface area contributed by atoms with Crippen LogP contribution in [0.15, 0.2) is 43.1 Å². The van der Waals surface area contributed by atoms with E-state index in [0.717, 1.165) is 6.20 Å². The molecule has 12 heteroatoms. The second-order valence-corrected chi connectivity index (χ2v) is 7.60. The van der Waals surface area contributed by atoms with Gasteiger partial charge in [-0.05, 0) is 19.1 Å². The number of hydrogen-bond acceptors (Lipinski definition) is 8. The van der Waals surface area contributed by atoms with Gasteiger partial charge in [-0.25, -0.2) is 19.0 Å². The van der Waals surface area contributed by atoms with Crippen LogP contribution in [0.4, 0.5) is 10.2 Å². The molecular formula is C22H21FN8O3. The maximum atomic E-state index is 14.7. The number of Topliss-reactive ketones (excluding diaryl/α,β-unsaturated/α-hetero) is 1. The number of carbonyl (C=O) groups excluding carboxylic acids is 2. The number of rotatable bonds is 6. The number of anilines is 1. The van der Waals surface area contributed by atoms with E-state index in [1.807, 2.05) is 17.9 Å². The van der Waals surface area contributed by atoms with Crippen molar-refractivity contribution in [3.8, 4) is 11.6 Å². The molecule has 0 radical (unpaired) electrons. The third-order valence-corrected chi connectivity index (χ3v) is 5.64. The molecule has 11 nitrogen and oxygen atoms in total. The van der Waals surface area contributed by atoms with Gasteiger partial charge in [0.15, 0.2) is 23.2 Å². The summed E-state index contributed by atoms with van der Waals surface area (Å²) in [6.45, 7) is 4.03. The van der Waals surface area contributed by atoms with Crippen LogP contribution in [0.2, 0.25) is 0 Å². The van der Waals surface area contributed by atoms with Crippen molar-refractivity contribution in [1.29, 1.82) is 0 Å². The minimum Gasteiger partial charge on any atom is -0.490 e. The summed E-state index contributed by atoms with van der Waals surface area (Å²) < 4.78 is 21.7. The van der Waals surface area contributed by atoms with Crippen molar-refractivity contribution in [2.45, 2.75) is 6.92 Å². The van der Waals surface area contributed by atoms with E-state index < -0.39 is 17.5 Å². The summed E-state index contributed by atoms with van der Waals surface area (Å²) in [5, 5.41) is 7.58. The van der Waals surface area contributed by atoms with Crippen LogP contribution >= 0.6 is 0 Å². The molecule has 1 aliphatic heterocycles. The third kappa shape index (κ3) is 3.72. The molecule has 0 bridgehead atoms. The summed E-state index contributed by atoms with van der Waals surface area (Å²) in [5.41, 5.74) is 0.206. The van der Waals surface area contributed by atoms with Crippen LogP contribution in [0, 0.1) is 5.82 Å². The van der Waals surface area contributed by atoms with Gasteiger partial charge in [0.2, 0.25) is 0 Å². The molecule has 1 fully saturated rings. The highest BCUT2D eigenvalue weighted by atomic mass is 19.1. The summed E-state index contributed by atoms with van der Waals surface area (Å²) in [4.78, 5) is 40.9. The third-order valence-electron chi connectivity index (χ3n) is 5.64. The van der Waals surface area contributed by atoms with Crippen molar-refractivity contribution >= 4 is 28.4 Å². The van der Waals surface area contributed by atoms with Gasteiger partial charge >= 0.3 is 0 Å². The number of amides is 1. The lowest BCUT2D eigenvalue weighted by Gasteiger charge is -2.35. The smallest absolute Gasteiger partial charge is 0.295 e. The highest BCUT2D eigenvalue weighted by Crippen LogP contribution is 2.28. The number of ketones is 1. The van der Waals surface area contributed by atoms with Crippen LogP contribution in [-0.2, 0) is 4.79 Å². The van der Waals surface area contributed by atoms with Crippen LogP contribution < -0.4 is 9.64 Å². The summed E-state index contributed by atoms with van der Waals surface area (Å²) in [6.07, 6.45) is 7.01. The average Bonchev–Trinajstić information content (AvgIpc) is 3.55. The van der Waals surface area contributed by atoms with Crippen LogP contribution in [0.1, 0.15) is 17.3 Å². The molecule has 1 amide bonds. The predicted octanol–water partition coefficient (Wildman–Crippen LogP) is 1.61. The number of nitrogens with one attached hydrogen (secondary N) is 1.